The van der Waals surface area contributed by atoms with Gasteiger partial charge in [-0.25, -0.2) is 0 Å². The van der Waals surface area contributed by atoms with Gasteiger partial charge in [0.2, 0.25) is 0 Å². The van der Waals surface area contributed by atoms with E-state index in [1.54, 1.807) is 37.3 Å². The Bertz CT molecular complexity index is 1320. The SMILES string of the molecule is Cc1ccc(NS(=O)(=O)C(F)(F)F)c(/C(=N/OCc2cccc(C(F)(F)F)c2)c2ccccc2)c1. The van der Waals surface area contributed by atoms with Crippen molar-refractivity contribution in [3.05, 3.63) is 101 Å². The van der Waals surface area contributed by atoms with E-state index in [-0.39, 0.29) is 23.4 Å². The van der Waals surface area contributed by atoms with E-state index >= 15 is 0 Å². The number of nitrogens with one attached hydrogen (secondary N) is 1. The molecule has 12 heteroatoms. The fourth-order valence-electron chi connectivity index (χ4n) is 3.01. The van der Waals surface area contributed by atoms with E-state index in [9.17, 15) is 34.8 Å². The minimum absolute atomic E-state index is 0.0203. The molecule has 0 aliphatic rings. The number of nitrogens with zero attached hydrogens (tertiary/aromatic N) is 1. The Morgan fingerprint density at radius 1 is 0.914 bits per heavy atom. The zero-order chi connectivity index (χ0) is 25.9. The summed E-state index contributed by atoms with van der Waals surface area (Å²) in [5.74, 6) is 0. The lowest BCUT2D eigenvalue weighted by atomic mass is 9.99. The van der Waals surface area contributed by atoms with Gasteiger partial charge >= 0.3 is 21.7 Å². The summed E-state index contributed by atoms with van der Waals surface area (Å²) in [6.07, 6.45) is -4.55. The molecule has 0 aromatic heterocycles. The lowest BCUT2D eigenvalue weighted by Gasteiger charge is -2.16. The fourth-order valence-corrected chi connectivity index (χ4v) is 3.59. The van der Waals surface area contributed by atoms with Crippen LogP contribution in [-0.2, 0) is 27.6 Å². The lowest BCUT2D eigenvalue weighted by molar-refractivity contribution is -0.137. The van der Waals surface area contributed by atoms with Crippen molar-refractivity contribution in [2.75, 3.05) is 4.72 Å². The highest BCUT2D eigenvalue weighted by molar-refractivity contribution is 7.93. The second-order valence-electron chi connectivity index (χ2n) is 7.38. The highest BCUT2D eigenvalue weighted by atomic mass is 32.2. The van der Waals surface area contributed by atoms with Gasteiger partial charge in [-0.15, -0.1) is 0 Å². The zero-order valence-electron chi connectivity index (χ0n) is 18.0. The molecule has 0 saturated carbocycles. The van der Waals surface area contributed by atoms with Crippen molar-refractivity contribution in [3.8, 4) is 0 Å². The number of aryl methyl sites for hydroxylation is 1. The summed E-state index contributed by atoms with van der Waals surface area (Å²) >= 11 is 0. The van der Waals surface area contributed by atoms with E-state index in [1.807, 2.05) is 0 Å². The lowest BCUT2D eigenvalue weighted by Crippen LogP contribution is -2.30. The molecule has 3 aromatic rings. The average Bonchev–Trinajstić information content (AvgIpc) is 2.77. The first-order valence-electron chi connectivity index (χ1n) is 9.89. The van der Waals surface area contributed by atoms with Gasteiger partial charge in [0.05, 0.1) is 11.3 Å². The van der Waals surface area contributed by atoms with Crippen LogP contribution in [-0.4, -0.2) is 19.6 Å². The Morgan fingerprint density at radius 3 is 2.23 bits per heavy atom. The summed E-state index contributed by atoms with van der Waals surface area (Å²) in [5.41, 5.74) is -5.79. The van der Waals surface area contributed by atoms with Crippen molar-refractivity contribution in [1.29, 1.82) is 0 Å². The molecule has 0 spiro atoms. The largest absolute Gasteiger partial charge is 0.516 e. The molecule has 0 aliphatic heterocycles. The zero-order valence-corrected chi connectivity index (χ0v) is 18.8. The second-order valence-corrected chi connectivity index (χ2v) is 9.05. The molecular formula is C23H18F6N2O3S. The van der Waals surface area contributed by atoms with E-state index in [0.717, 1.165) is 18.2 Å². The molecule has 0 bridgehead atoms. The standard InChI is InChI=1S/C23H18F6N2O3S/c1-15-10-11-20(31-35(32,33)23(27,28)29)19(12-15)21(17-7-3-2-4-8-17)30-34-14-16-6-5-9-18(13-16)22(24,25)26/h2-13,31H,14H2,1H3/b30-21+. The maximum absolute atomic E-state index is 13.0. The highest BCUT2D eigenvalue weighted by Gasteiger charge is 2.46. The Hall–Kier alpha value is -3.54. The van der Waals surface area contributed by atoms with Crippen molar-refractivity contribution in [2.45, 2.75) is 25.2 Å². The van der Waals surface area contributed by atoms with Crippen molar-refractivity contribution >= 4 is 21.4 Å². The molecule has 0 aliphatic carbocycles. The van der Waals surface area contributed by atoms with Gasteiger partial charge in [0.25, 0.3) is 0 Å². The Morgan fingerprint density at radius 2 is 1.60 bits per heavy atom. The van der Waals surface area contributed by atoms with E-state index < -0.39 is 33.0 Å². The summed E-state index contributed by atoms with van der Waals surface area (Å²) in [6.45, 7) is 1.26. The summed E-state index contributed by atoms with van der Waals surface area (Å²) in [4.78, 5) is 5.27. The van der Waals surface area contributed by atoms with Crippen molar-refractivity contribution < 1.29 is 39.6 Å². The van der Waals surface area contributed by atoms with Gasteiger partial charge in [0, 0.05) is 11.1 Å². The van der Waals surface area contributed by atoms with Crippen LogP contribution in [0.1, 0.15) is 27.8 Å². The molecule has 0 atom stereocenters. The fraction of sp³-hybridized carbons (Fsp3) is 0.174. The number of hydrogen-bond acceptors (Lipinski definition) is 4. The summed E-state index contributed by atoms with van der Waals surface area (Å²) < 4.78 is 103. The number of hydrogen-bond donors (Lipinski definition) is 1. The van der Waals surface area contributed by atoms with Crippen molar-refractivity contribution in [2.24, 2.45) is 5.16 Å². The third-order valence-electron chi connectivity index (χ3n) is 4.67. The van der Waals surface area contributed by atoms with Crippen LogP contribution >= 0.6 is 0 Å². The molecule has 0 heterocycles. The molecule has 35 heavy (non-hydrogen) atoms. The number of halogens is 6. The highest BCUT2D eigenvalue weighted by Crippen LogP contribution is 2.31. The van der Waals surface area contributed by atoms with Crippen LogP contribution in [0.5, 0.6) is 0 Å². The van der Waals surface area contributed by atoms with Crippen molar-refractivity contribution in [3.63, 3.8) is 0 Å². The first-order valence-corrected chi connectivity index (χ1v) is 11.4. The third-order valence-corrected chi connectivity index (χ3v) is 5.77. The molecule has 186 valence electrons. The second kappa shape index (κ2) is 9.98. The van der Waals surface area contributed by atoms with Crippen LogP contribution in [0.15, 0.2) is 78.0 Å². The normalized spacial score (nSPS) is 12.9. The van der Waals surface area contributed by atoms with E-state index in [1.165, 1.54) is 29.0 Å². The van der Waals surface area contributed by atoms with Crippen LogP contribution in [0.4, 0.5) is 32.0 Å². The minimum Gasteiger partial charge on any atom is -0.390 e. The number of sulfonamides is 1. The first-order chi connectivity index (χ1) is 16.3. The summed E-state index contributed by atoms with van der Waals surface area (Å²) in [5, 5.41) is 3.96. The third kappa shape index (κ3) is 6.53. The van der Waals surface area contributed by atoms with Gasteiger partial charge in [-0.05, 0) is 36.8 Å². The Kier molecular flexibility index (Phi) is 7.44. The van der Waals surface area contributed by atoms with Crippen LogP contribution < -0.4 is 4.72 Å². The Labute approximate surface area is 197 Å². The van der Waals surface area contributed by atoms with Gasteiger partial charge in [-0.1, -0.05) is 59.3 Å². The number of oxime groups is 1. The predicted octanol–water partition coefficient (Wildman–Crippen LogP) is 6.24. The monoisotopic (exact) mass is 516 g/mol. The number of rotatable bonds is 7. The van der Waals surface area contributed by atoms with Crippen LogP contribution in [0.2, 0.25) is 0 Å². The van der Waals surface area contributed by atoms with Gasteiger partial charge in [-0.2, -0.15) is 34.8 Å². The van der Waals surface area contributed by atoms with Gasteiger partial charge < -0.3 is 4.84 Å². The average molecular weight is 516 g/mol. The topological polar surface area (TPSA) is 67.8 Å². The summed E-state index contributed by atoms with van der Waals surface area (Å²) in [7, 11) is -5.74. The van der Waals surface area contributed by atoms with Gasteiger partial charge in [-0.3, -0.25) is 4.72 Å². The van der Waals surface area contributed by atoms with Crippen LogP contribution in [0, 0.1) is 6.92 Å². The smallest absolute Gasteiger partial charge is 0.390 e. The minimum atomic E-state index is -5.74. The number of benzene rings is 3. The maximum atomic E-state index is 13.0. The molecule has 1 N–H and O–H groups in total. The Balaban J connectivity index is 2.02. The molecule has 0 saturated heterocycles. The van der Waals surface area contributed by atoms with Gasteiger partial charge in [0.15, 0.2) is 0 Å². The van der Waals surface area contributed by atoms with Gasteiger partial charge in [0.1, 0.15) is 12.3 Å². The molecule has 5 nitrogen and oxygen atoms in total. The van der Waals surface area contributed by atoms with Crippen molar-refractivity contribution in [1.82, 2.24) is 0 Å². The van der Waals surface area contributed by atoms with E-state index in [2.05, 4.69) is 5.16 Å². The van der Waals surface area contributed by atoms with E-state index in [4.69, 9.17) is 4.84 Å². The molecule has 0 radical (unpaired) electrons. The van der Waals surface area contributed by atoms with E-state index in [0.29, 0.717) is 11.1 Å². The molecule has 3 rings (SSSR count). The number of anilines is 1. The molecular weight excluding hydrogens is 498 g/mol. The molecule has 0 unspecified atom stereocenters. The summed E-state index contributed by atoms with van der Waals surface area (Å²) in [6, 6.07) is 16.4. The first kappa shape index (κ1) is 26.1. The molecule has 3 aromatic carbocycles. The quantitative estimate of drug-likeness (QED) is 0.230. The number of alkyl halides is 6. The van der Waals surface area contributed by atoms with Crippen LogP contribution in [0.25, 0.3) is 0 Å². The molecule has 0 amide bonds. The predicted molar refractivity (Wildman–Crippen MR) is 118 cm³/mol. The van der Waals surface area contributed by atoms with Crippen LogP contribution in [0.3, 0.4) is 0 Å². The molecule has 0 fully saturated rings. The maximum Gasteiger partial charge on any atom is 0.516 e.